The van der Waals surface area contributed by atoms with Gasteiger partial charge in [0.05, 0.1) is 6.04 Å². The second-order valence-corrected chi connectivity index (χ2v) is 5.00. The summed E-state index contributed by atoms with van der Waals surface area (Å²) in [5.41, 5.74) is 0.360. The monoisotopic (exact) mass is 363 g/mol. The third-order valence-electron chi connectivity index (χ3n) is 2.74. The summed E-state index contributed by atoms with van der Waals surface area (Å²) in [5.74, 6) is 0.255. The van der Waals surface area contributed by atoms with Crippen LogP contribution < -0.4 is 10.1 Å². The van der Waals surface area contributed by atoms with Crippen LogP contribution in [0, 0.1) is 0 Å². The maximum Gasteiger partial charge on any atom is 0.573 e. The summed E-state index contributed by atoms with van der Waals surface area (Å²) in [5, 5.41) is 3.09. The van der Waals surface area contributed by atoms with Gasteiger partial charge in [-0.25, -0.2) is 0 Å². The van der Waals surface area contributed by atoms with Crippen molar-refractivity contribution >= 4 is 15.9 Å². The fourth-order valence-electron chi connectivity index (χ4n) is 1.99. The van der Waals surface area contributed by atoms with Crippen molar-refractivity contribution in [3.8, 4) is 5.75 Å². The molecule has 3 nitrogen and oxygen atoms in total. The molecule has 1 N–H and O–H groups in total. The maximum atomic E-state index is 12.5. The molecule has 114 valence electrons. The fraction of sp³-hybridized carbons (Fsp3) is 0.286. The van der Waals surface area contributed by atoms with Crippen LogP contribution in [0.4, 0.5) is 13.2 Å². The molecular formula is C14H13BrF3NO2. The molecule has 7 heteroatoms. The Kier molecular flexibility index (Phi) is 4.95. The molecule has 1 aromatic carbocycles. The number of hydrogen-bond donors (Lipinski definition) is 1. The molecule has 0 radical (unpaired) electrons. The molecule has 0 fully saturated rings. The van der Waals surface area contributed by atoms with E-state index in [1.165, 1.54) is 12.1 Å². The fourth-order valence-corrected chi connectivity index (χ4v) is 2.31. The molecule has 21 heavy (non-hydrogen) atoms. The molecule has 0 amide bonds. The Labute approximate surface area is 128 Å². The largest absolute Gasteiger partial charge is 0.573 e. The number of benzene rings is 1. The van der Waals surface area contributed by atoms with Crippen LogP contribution in [0.15, 0.2) is 45.5 Å². The highest BCUT2D eigenvalue weighted by atomic mass is 79.9. The van der Waals surface area contributed by atoms with Gasteiger partial charge in [-0.2, -0.15) is 0 Å². The van der Waals surface area contributed by atoms with Crippen molar-refractivity contribution in [1.82, 2.24) is 5.32 Å². The van der Waals surface area contributed by atoms with Crippen LogP contribution in [-0.2, 0) is 0 Å². The SMILES string of the molecule is CCNC(c1ccc(Br)o1)c1ccccc1OC(F)(F)F. The highest BCUT2D eigenvalue weighted by Crippen LogP contribution is 2.34. The maximum absolute atomic E-state index is 12.5. The third kappa shape index (κ3) is 4.25. The summed E-state index contributed by atoms with van der Waals surface area (Å²) in [6.45, 7) is 2.42. The first kappa shape index (κ1) is 15.9. The topological polar surface area (TPSA) is 34.4 Å². The van der Waals surface area contributed by atoms with Gasteiger partial charge in [0.2, 0.25) is 0 Å². The highest BCUT2D eigenvalue weighted by molar-refractivity contribution is 9.10. The van der Waals surface area contributed by atoms with Crippen LogP contribution in [0.5, 0.6) is 5.75 Å². The minimum Gasteiger partial charge on any atom is -0.452 e. The summed E-state index contributed by atoms with van der Waals surface area (Å²) in [7, 11) is 0. The van der Waals surface area contributed by atoms with Crippen molar-refractivity contribution in [2.24, 2.45) is 0 Å². The van der Waals surface area contributed by atoms with Gasteiger partial charge in [0.15, 0.2) is 4.67 Å². The lowest BCUT2D eigenvalue weighted by atomic mass is 10.0. The Morgan fingerprint density at radius 1 is 1.24 bits per heavy atom. The second kappa shape index (κ2) is 6.53. The molecule has 0 saturated heterocycles. The standard InChI is InChI=1S/C14H13BrF3NO2/c1-2-19-13(11-7-8-12(15)20-11)9-5-3-4-6-10(9)21-14(16,17)18/h3-8,13,19H,2H2,1H3. The summed E-state index contributed by atoms with van der Waals surface area (Å²) in [4.78, 5) is 0. The van der Waals surface area contributed by atoms with Crippen LogP contribution in [0.1, 0.15) is 24.3 Å². The van der Waals surface area contributed by atoms with E-state index in [0.29, 0.717) is 22.5 Å². The highest BCUT2D eigenvalue weighted by Gasteiger charge is 2.33. The normalized spacial score (nSPS) is 13.2. The molecule has 2 aromatic rings. The lowest BCUT2D eigenvalue weighted by Gasteiger charge is -2.20. The van der Waals surface area contributed by atoms with E-state index in [-0.39, 0.29) is 5.75 Å². The average Bonchev–Trinajstić information content (AvgIpc) is 2.82. The van der Waals surface area contributed by atoms with Crippen molar-refractivity contribution in [3.05, 3.63) is 52.4 Å². The lowest BCUT2D eigenvalue weighted by Crippen LogP contribution is -2.24. The first-order valence-corrected chi connectivity index (χ1v) is 7.03. The molecular weight excluding hydrogens is 351 g/mol. The molecule has 0 aliphatic heterocycles. The molecule has 1 atom stereocenters. The van der Waals surface area contributed by atoms with Crippen LogP contribution in [0.3, 0.4) is 0 Å². The number of furan rings is 1. The molecule has 0 bridgehead atoms. The van der Waals surface area contributed by atoms with Gasteiger partial charge in [0, 0.05) is 5.56 Å². The number of ether oxygens (including phenoxy) is 1. The lowest BCUT2D eigenvalue weighted by molar-refractivity contribution is -0.275. The predicted molar refractivity (Wildman–Crippen MR) is 75.1 cm³/mol. The average molecular weight is 364 g/mol. The zero-order valence-electron chi connectivity index (χ0n) is 11.1. The van der Waals surface area contributed by atoms with Gasteiger partial charge in [-0.15, -0.1) is 13.2 Å². The van der Waals surface area contributed by atoms with Crippen molar-refractivity contribution in [1.29, 1.82) is 0 Å². The van der Waals surface area contributed by atoms with Gasteiger partial charge in [-0.3, -0.25) is 0 Å². The summed E-state index contributed by atoms with van der Waals surface area (Å²) in [6, 6.07) is 8.86. The first-order valence-electron chi connectivity index (χ1n) is 6.24. The van der Waals surface area contributed by atoms with E-state index in [4.69, 9.17) is 4.42 Å². The van der Waals surface area contributed by atoms with Crippen LogP contribution in [-0.4, -0.2) is 12.9 Å². The van der Waals surface area contributed by atoms with Crippen molar-refractivity contribution < 1.29 is 22.3 Å². The van der Waals surface area contributed by atoms with E-state index in [0.717, 1.165) is 0 Å². The van der Waals surface area contributed by atoms with Crippen LogP contribution in [0.25, 0.3) is 0 Å². The summed E-state index contributed by atoms with van der Waals surface area (Å²) < 4.78 is 47.6. The Morgan fingerprint density at radius 3 is 2.52 bits per heavy atom. The van der Waals surface area contributed by atoms with E-state index in [1.54, 1.807) is 24.3 Å². The van der Waals surface area contributed by atoms with Gasteiger partial charge < -0.3 is 14.5 Å². The first-order chi connectivity index (χ1) is 9.90. The summed E-state index contributed by atoms with van der Waals surface area (Å²) in [6.07, 6.45) is -4.74. The Hall–Kier alpha value is -1.47. The zero-order chi connectivity index (χ0) is 15.5. The number of hydrogen-bond acceptors (Lipinski definition) is 3. The second-order valence-electron chi connectivity index (χ2n) is 4.22. The van der Waals surface area contributed by atoms with E-state index in [9.17, 15) is 13.2 Å². The number of rotatable bonds is 5. The predicted octanol–water partition coefficient (Wildman–Crippen LogP) is 4.64. The van der Waals surface area contributed by atoms with Crippen LogP contribution >= 0.6 is 15.9 Å². The van der Waals surface area contributed by atoms with Gasteiger partial charge >= 0.3 is 6.36 Å². The zero-order valence-corrected chi connectivity index (χ0v) is 12.7. The third-order valence-corrected chi connectivity index (χ3v) is 3.17. The molecule has 0 aliphatic rings. The van der Waals surface area contributed by atoms with Crippen molar-refractivity contribution in [2.45, 2.75) is 19.3 Å². The Bertz CT molecular complexity index is 598. The molecule has 2 rings (SSSR count). The van der Waals surface area contributed by atoms with Crippen LogP contribution in [0.2, 0.25) is 0 Å². The molecule has 0 aliphatic carbocycles. The molecule has 1 unspecified atom stereocenters. The minimum atomic E-state index is -4.74. The minimum absolute atomic E-state index is 0.247. The number of halogens is 4. The van der Waals surface area contributed by atoms with E-state index < -0.39 is 12.4 Å². The van der Waals surface area contributed by atoms with Crippen molar-refractivity contribution in [3.63, 3.8) is 0 Å². The van der Waals surface area contributed by atoms with Gasteiger partial charge in [-0.1, -0.05) is 25.1 Å². The quantitative estimate of drug-likeness (QED) is 0.840. The molecule has 0 saturated carbocycles. The number of alkyl halides is 3. The molecule has 1 aromatic heterocycles. The molecule has 0 spiro atoms. The van der Waals surface area contributed by atoms with Crippen molar-refractivity contribution in [2.75, 3.05) is 6.54 Å². The number of nitrogens with one attached hydrogen (secondary N) is 1. The van der Waals surface area contributed by atoms with Gasteiger partial charge in [0.1, 0.15) is 11.5 Å². The van der Waals surface area contributed by atoms with Gasteiger partial charge in [0.25, 0.3) is 0 Å². The Morgan fingerprint density at radius 2 is 1.95 bits per heavy atom. The Balaban J connectivity index is 2.41. The number of para-hydroxylation sites is 1. The summed E-state index contributed by atoms with van der Waals surface area (Å²) >= 11 is 3.19. The van der Waals surface area contributed by atoms with E-state index in [2.05, 4.69) is 26.0 Å². The van der Waals surface area contributed by atoms with E-state index >= 15 is 0 Å². The molecule has 1 heterocycles. The smallest absolute Gasteiger partial charge is 0.452 e. The van der Waals surface area contributed by atoms with E-state index in [1.807, 2.05) is 6.92 Å². The van der Waals surface area contributed by atoms with Gasteiger partial charge in [-0.05, 0) is 40.7 Å².